The van der Waals surface area contributed by atoms with Gasteiger partial charge in [-0.05, 0) is 5.92 Å². The van der Waals surface area contributed by atoms with Crippen molar-refractivity contribution in [1.29, 1.82) is 0 Å². The van der Waals surface area contributed by atoms with Gasteiger partial charge in [0.05, 0.1) is 6.42 Å². The summed E-state index contributed by atoms with van der Waals surface area (Å²) in [7, 11) is 0. The summed E-state index contributed by atoms with van der Waals surface area (Å²) in [6, 6.07) is -0.659. The zero-order valence-electron chi connectivity index (χ0n) is 10.5. The lowest BCUT2D eigenvalue weighted by Gasteiger charge is -2.22. The van der Waals surface area contributed by atoms with Crippen LogP contribution in [-0.2, 0) is 14.3 Å². The molecule has 1 fully saturated rings. The van der Waals surface area contributed by atoms with Crippen LogP contribution in [0, 0.1) is 5.92 Å². The van der Waals surface area contributed by atoms with Crippen molar-refractivity contribution < 1.29 is 24.2 Å². The van der Waals surface area contributed by atoms with Crippen LogP contribution in [0.1, 0.15) is 20.3 Å². The smallest absolute Gasteiger partial charge is 0.410 e. The Labute approximate surface area is 105 Å². The predicted molar refractivity (Wildman–Crippen MR) is 61.9 cm³/mol. The van der Waals surface area contributed by atoms with E-state index in [0.717, 1.165) is 0 Å². The molecular weight excluding hydrogens is 240 g/mol. The molecule has 2 N–H and O–H groups in total. The van der Waals surface area contributed by atoms with E-state index in [1.807, 2.05) is 13.8 Å². The van der Waals surface area contributed by atoms with E-state index in [0.29, 0.717) is 6.54 Å². The standard InChI is InChI=1S/C11H18N2O5/c1-7(2)5-13-8(6-18-11(13)17)10(16)12-4-3-9(14)15/h7-8H,3-6H2,1-2H3,(H,12,16)(H,14,15)/t8-/m0/s1. The molecule has 1 rings (SSSR count). The maximum atomic E-state index is 11.8. The number of cyclic esters (lactones) is 1. The molecule has 7 heteroatoms. The number of amides is 2. The molecule has 0 aromatic carbocycles. The Morgan fingerprint density at radius 1 is 1.56 bits per heavy atom. The summed E-state index contributed by atoms with van der Waals surface area (Å²) in [6.45, 7) is 4.38. The number of carbonyl (C=O) groups excluding carboxylic acids is 2. The minimum atomic E-state index is -0.979. The molecule has 102 valence electrons. The van der Waals surface area contributed by atoms with Crippen molar-refractivity contribution in [1.82, 2.24) is 10.2 Å². The van der Waals surface area contributed by atoms with Crippen molar-refractivity contribution in [2.45, 2.75) is 26.3 Å². The number of carboxylic acids is 1. The number of ether oxygens (including phenoxy) is 1. The molecule has 0 spiro atoms. The van der Waals surface area contributed by atoms with Gasteiger partial charge < -0.3 is 15.2 Å². The van der Waals surface area contributed by atoms with E-state index < -0.39 is 18.1 Å². The fourth-order valence-electron chi connectivity index (χ4n) is 1.67. The highest BCUT2D eigenvalue weighted by Gasteiger charge is 2.37. The minimum absolute atomic E-state index is 0.0183. The molecule has 0 radical (unpaired) electrons. The average Bonchev–Trinajstić information content (AvgIpc) is 2.59. The van der Waals surface area contributed by atoms with Crippen LogP contribution in [0.2, 0.25) is 0 Å². The van der Waals surface area contributed by atoms with Gasteiger partial charge in [0.25, 0.3) is 0 Å². The number of aliphatic carboxylic acids is 1. The lowest BCUT2D eigenvalue weighted by molar-refractivity contribution is -0.137. The van der Waals surface area contributed by atoms with Crippen LogP contribution in [0.5, 0.6) is 0 Å². The van der Waals surface area contributed by atoms with Gasteiger partial charge in [-0.25, -0.2) is 4.79 Å². The minimum Gasteiger partial charge on any atom is -0.481 e. The number of rotatable bonds is 6. The fourth-order valence-corrected chi connectivity index (χ4v) is 1.67. The Balaban J connectivity index is 2.50. The molecule has 0 aromatic heterocycles. The van der Waals surface area contributed by atoms with Gasteiger partial charge in [0, 0.05) is 13.1 Å². The van der Waals surface area contributed by atoms with Crippen LogP contribution in [0.25, 0.3) is 0 Å². The third kappa shape index (κ3) is 3.90. The first-order valence-electron chi connectivity index (χ1n) is 5.84. The number of hydrogen-bond donors (Lipinski definition) is 2. The van der Waals surface area contributed by atoms with Gasteiger partial charge in [-0.3, -0.25) is 14.5 Å². The number of carbonyl (C=O) groups is 3. The van der Waals surface area contributed by atoms with E-state index in [4.69, 9.17) is 9.84 Å². The van der Waals surface area contributed by atoms with Crippen LogP contribution in [-0.4, -0.2) is 53.7 Å². The second-order valence-corrected chi connectivity index (χ2v) is 4.57. The molecule has 1 aliphatic heterocycles. The van der Waals surface area contributed by atoms with Crippen LogP contribution < -0.4 is 5.32 Å². The number of hydrogen-bond acceptors (Lipinski definition) is 4. The van der Waals surface area contributed by atoms with Crippen molar-refractivity contribution in [3.63, 3.8) is 0 Å². The first-order valence-corrected chi connectivity index (χ1v) is 5.84. The lowest BCUT2D eigenvalue weighted by atomic mass is 10.1. The van der Waals surface area contributed by atoms with E-state index in [2.05, 4.69) is 5.32 Å². The van der Waals surface area contributed by atoms with Gasteiger partial charge in [-0.2, -0.15) is 0 Å². The van der Waals surface area contributed by atoms with Crippen LogP contribution in [0.4, 0.5) is 4.79 Å². The highest BCUT2D eigenvalue weighted by Crippen LogP contribution is 2.14. The Hall–Kier alpha value is -1.79. The molecule has 1 heterocycles. The highest BCUT2D eigenvalue weighted by atomic mass is 16.6. The highest BCUT2D eigenvalue weighted by molar-refractivity contribution is 5.88. The van der Waals surface area contributed by atoms with Gasteiger partial charge >= 0.3 is 12.1 Å². The SMILES string of the molecule is CC(C)CN1C(=O)OC[C@H]1C(=O)NCCC(=O)O. The van der Waals surface area contributed by atoms with Crippen molar-refractivity contribution in [2.24, 2.45) is 5.92 Å². The first-order chi connectivity index (χ1) is 8.41. The Morgan fingerprint density at radius 2 is 2.22 bits per heavy atom. The molecule has 1 aliphatic rings. The molecule has 0 aromatic rings. The molecule has 1 saturated heterocycles. The van der Waals surface area contributed by atoms with Gasteiger partial charge in [0.1, 0.15) is 12.6 Å². The monoisotopic (exact) mass is 258 g/mol. The summed E-state index contributed by atoms with van der Waals surface area (Å²) in [5.41, 5.74) is 0. The molecule has 0 unspecified atom stereocenters. The van der Waals surface area contributed by atoms with Gasteiger partial charge in [0.15, 0.2) is 0 Å². The van der Waals surface area contributed by atoms with E-state index in [1.165, 1.54) is 4.90 Å². The molecule has 0 aliphatic carbocycles. The second-order valence-electron chi connectivity index (χ2n) is 4.57. The summed E-state index contributed by atoms with van der Waals surface area (Å²) in [6.07, 6.45) is -0.639. The quantitative estimate of drug-likeness (QED) is 0.702. The molecule has 7 nitrogen and oxygen atoms in total. The second kappa shape index (κ2) is 6.23. The van der Waals surface area contributed by atoms with Crippen molar-refractivity contribution in [3.05, 3.63) is 0 Å². The zero-order chi connectivity index (χ0) is 13.7. The lowest BCUT2D eigenvalue weighted by Crippen LogP contribution is -2.47. The topological polar surface area (TPSA) is 95.9 Å². The Bertz CT molecular complexity index is 342. The fraction of sp³-hybridized carbons (Fsp3) is 0.727. The summed E-state index contributed by atoms with van der Waals surface area (Å²) in [5.74, 6) is -1.12. The van der Waals surface area contributed by atoms with Crippen molar-refractivity contribution in [2.75, 3.05) is 19.7 Å². The van der Waals surface area contributed by atoms with Crippen molar-refractivity contribution in [3.8, 4) is 0 Å². The molecule has 0 saturated carbocycles. The van der Waals surface area contributed by atoms with Crippen LogP contribution in [0.15, 0.2) is 0 Å². The van der Waals surface area contributed by atoms with E-state index >= 15 is 0 Å². The summed E-state index contributed by atoms with van der Waals surface area (Å²) >= 11 is 0. The summed E-state index contributed by atoms with van der Waals surface area (Å²) in [4.78, 5) is 34.9. The van der Waals surface area contributed by atoms with E-state index in [-0.39, 0.29) is 31.4 Å². The van der Waals surface area contributed by atoms with E-state index in [1.54, 1.807) is 0 Å². The van der Waals surface area contributed by atoms with E-state index in [9.17, 15) is 14.4 Å². The summed E-state index contributed by atoms with van der Waals surface area (Å²) < 4.78 is 4.84. The van der Waals surface area contributed by atoms with Gasteiger partial charge in [-0.1, -0.05) is 13.8 Å². The third-order valence-corrected chi connectivity index (χ3v) is 2.48. The van der Waals surface area contributed by atoms with Gasteiger partial charge in [-0.15, -0.1) is 0 Å². The Morgan fingerprint density at radius 3 is 2.78 bits per heavy atom. The number of nitrogens with zero attached hydrogens (tertiary/aromatic N) is 1. The third-order valence-electron chi connectivity index (χ3n) is 2.48. The predicted octanol–water partition coefficient (Wildman–Crippen LogP) is 0.0541. The van der Waals surface area contributed by atoms with Crippen LogP contribution in [0.3, 0.4) is 0 Å². The normalized spacial score (nSPS) is 18.9. The summed E-state index contributed by atoms with van der Waals surface area (Å²) in [5, 5.41) is 11.0. The van der Waals surface area contributed by atoms with Gasteiger partial charge in [0.2, 0.25) is 5.91 Å². The molecule has 0 bridgehead atoms. The number of carboxylic acid groups (broad SMARTS) is 1. The zero-order valence-corrected chi connectivity index (χ0v) is 10.5. The molecule has 1 atom stereocenters. The number of nitrogens with one attached hydrogen (secondary N) is 1. The van der Waals surface area contributed by atoms with Crippen molar-refractivity contribution >= 4 is 18.0 Å². The molecule has 18 heavy (non-hydrogen) atoms. The average molecular weight is 258 g/mol. The maximum absolute atomic E-state index is 11.8. The molecular formula is C11H18N2O5. The maximum Gasteiger partial charge on any atom is 0.410 e. The first kappa shape index (κ1) is 14.3. The van der Waals surface area contributed by atoms with Crippen LogP contribution >= 0.6 is 0 Å². The molecule has 2 amide bonds. The largest absolute Gasteiger partial charge is 0.481 e. The Kier molecular flexibility index (Phi) is 4.94.